The highest BCUT2D eigenvalue weighted by molar-refractivity contribution is 9.10. The third-order valence-electron chi connectivity index (χ3n) is 1.63. The van der Waals surface area contributed by atoms with Crippen molar-refractivity contribution >= 4 is 15.9 Å². The van der Waals surface area contributed by atoms with Gasteiger partial charge in [-0.15, -0.1) is 0 Å². The Balaban J connectivity index is 3.11. The number of phenolic OH excluding ortho intramolecular Hbond substituents is 1. The molecule has 0 fully saturated rings. The number of nitrogens with one attached hydrogen (secondary N) is 1. The van der Waals surface area contributed by atoms with Crippen LogP contribution < -0.4 is 5.48 Å². The lowest BCUT2D eigenvalue weighted by Gasteiger charge is -2.08. The zero-order chi connectivity index (χ0) is 10.7. The molecule has 1 rings (SSSR count). The van der Waals surface area contributed by atoms with Gasteiger partial charge in [0, 0.05) is 5.56 Å². The van der Waals surface area contributed by atoms with Gasteiger partial charge in [0.05, 0.1) is 18.1 Å². The van der Waals surface area contributed by atoms with E-state index in [0.717, 1.165) is 6.07 Å². The van der Waals surface area contributed by atoms with Crippen molar-refractivity contribution in [2.75, 3.05) is 7.11 Å². The maximum absolute atomic E-state index is 13.1. The molecule has 3 nitrogen and oxygen atoms in total. The van der Waals surface area contributed by atoms with Gasteiger partial charge in [-0.25, -0.2) is 8.78 Å². The average molecular weight is 268 g/mol. The lowest BCUT2D eigenvalue weighted by molar-refractivity contribution is 0.0851. The Morgan fingerprint density at radius 1 is 1.57 bits per heavy atom. The number of halogens is 3. The predicted octanol–water partition coefficient (Wildman–Crippen LogP) is 2.08. The average Bonchev–Trinajstić information content (AvgIpc) is 2.15. The molecule has 0 saturated carbocycles. The highest BCUT2D eigenvalue weighted by Gasteiger charge is 2.16. The summed E-state index contributed by atoms with van der Waals surface area (Å²) >= 11 is 2.90. The smallest absolute Gasteiger partial charge is 0.167 e. The molecule has 14 heavy (non-hydrogen) atoms. The molecule has 0 unspecified atom stereocenters. The van der Waals surface area contributed by atoms with Crippen LogP contribution in [0.25, 0.3) is 0 Å². The van der Waals surface area contributed by atoms with Gasteiger partial charge in [-0.2, -0.15) is 5.48 Å². The van der Waals surface area contributed by atoms with Crippen molar-refractivity contribution in [3.8, 4) is 5.75 Å². The van der Waals surface area contributed by atoms with E-state index in [9.17, 15) is 13.9 Å². The Labute approximate surface area is 87.8 Å². The third kappa shape index (κ3) is 2.20. The summed E-state index contributed by atoms with van der Waals surface area (Å²) in [6.07, 6.45) is 0. The third-order valence-corrected chi connectivity index (χ3v) is 2.24. The minimum absolute atomic E-state index is 0.101. The van der Waals surface area contributed by atoms with Crippen molar-refractivity contribution < 1.29 is 18.7 Å². The molecule has 0 aliphatic rings. The van der Waals surface area contributed by atoms with Crippen molar-refractivity contribution in [1.82, 2.24) is 5.48 Å². The van der Waals surface area contributed by atoms with Crippen LogP contribution in [0.4, 0.5) is 8.78 Å². The van der Waals surface area contributed by atoms with Crippen LogP contribution in [0.2, 0.25) is 0 Å². The molecule has 0 spiro atoms. The topological polar surface area (TPSA) is 41.5 Å². The standard InChI is InChI=1S/C8H8BrF2NO2/c1-14-12-3-4-7(11)6(10)2-5(9)8(4)13/h2,12-13H,3H2,1H3. The fourth-order valence-corrected chi connectivity index (χ4v) is 1.38. The first kappa shape index (κ1) is 11.4. The lowest BCUT2D eigenvalue weighted by Crippen LogP contribution is -2.13. The van der Waals surface area contributed by atoms with E-state index in [4.69, 9.17) is 0 Å². The highest BCUT2D eigenvalue weighted by atomic mass is 79.9. The van der Waals surface area contributed by atoms with Crippen LogP contribution in [0.15, 0.2) is 10.5 Å². The van der Waals surface area contributed by atoms with Crippen LogP contribution in [-0.2, 0) is 11.4 Å². The first-order valence-corrected chi connectivity index (χ1v) is 4.48. The number of aromatic hydroxyl groups is 1. The molecular weight excluding hydrogens is 260 g/mol. The largest absolute Gasteiger partial charge is 0.506 e. The van der Waals surface area contributed by atoms with Gasteiger partial charge < -0.3 is 9.94 Å². The van der Waals surface area contributed by atoms with Crippen LogP contribution >= 0.6 is 15.9 Å². The molecule has 1 aromatic carbocycles. The molecule has 0 amide bonds. The molecular formula is C8H8BrF2NO2. The van der Waals surface area contributed by atoms with E-state index in [2.05, 4.69) is 26.2 Å². The molecule has 0 radical (unpaired) electrons. The zero-order valence-electron chi connectivity index (χ0n) is 7.27. The van der Waals surface area contributed by atoms with Gasteiger partial charge in [-0.3, -0.25) is 0 Å². The monoisotopic (exact) mass is 267 g/mol. The lowest BCUT2D eigenvalue weighted by atomic mass is 10.2. The summed E-state index contributed by atoms with van der Waals surface area (Å²) in [5, 5.41) is 9.38. The van der Waals surface area contributed by atoms with Gasteiger partial charge in [-0.1, -0.05) is 0 Å². The fraction of sp³-hybridized carbons (Fsp3) is 0.250. The van der Waals surface area contributed by atoms with Crippen molar-refractivity contribution in [3.05, 3.63) is 27.7 Å². The van der Waals surface area contributed by atoms with E-state index in [1.54, 1.807) is 0 Å². The molecule has 0 aromatic heterocycles. The summed E-state index contributed by atoms with van der Waals surface area (Å²) in [5.74, 6) is -2.45. The second kappa shape index (κ2) is 4.68. The molecule has 78 valence electrons. The quantitative estimate of drug-likeness (QED) is 0.651. The number of hydrogen-bond acceptors (Lipinski definition) is 3. The van der Waals surface area contributed by atoms with Crippen LogP contribution in [0, 0.1) is 11.6 Å². The van der Waals surface area contributed by atoms with Gasteiger partial charge in [-0.05, 0) is 22.0 Å². The SMILES string of the molecule is CONCc1c(O)c(Br)cc(F)c1F. The molecule has 0 saturated heterocycles. The van der Waals surface area contributed by atoms with E-state index in [0.29, 0.717) is 0 Å². The Morgan fingerprint density at radius 3 is 2.79 bits per heavy atom. The minimum Gasteiger partial charge on any atom is -0.506 e. The molecule has 1 aromatic rings. The number of benzene rings is 1. The first-order valence-electron chi connectivity index (χ1n) is 3.69. The van der Waals surface area contributed by atoms with Crippen LogP contribution in [0.3, 0.4) is 0 Å². The number of phenols is 1. The predicted molar refractivity (Wildman–Crippen MR) is 49.6 cm³/mol. The Hall–Kier alpha value is -0.720. The second-order valence-corrected chi connectivity index (χ2v) is 3.36. The zero-order valence-corrected chi connectivity index (χ0v) is 8.86. The molecule has 0 heterocycles. The van der Waals surface area contributed by atoms with Gasteiger partial charge in [0.25, 0.3) is 0 Å². The summed E-state index contributed by atoms with van der Waals surface area (Å²) < 4.78 is 26.1. The fourth-order valence-electron chi connectivity index (χ4n) is 0.941. The maximum atomic E-state index is 13.1. The van der Waals surface area contributed by atoms with Crippen LogP contribution in [-0.4, -0.2) is 12.2 Å². The Bertz CT molecular complexity index is 320. The number of rotatable bonds is 3. The second-order valence-electron chi connectivity index (χ2n) is 2.51. The van der Waals surface area contributed by atoms with Gasteiger partial charge in [0.15, 0.2) is 11.6 Å². The van der Waals surface area contributed by atoms with Crippen LogP contribution in [0.1, 0.15) is 5.56 Å². The molecule has 6 heteroatoms. The molecule has 0 aliphatic carbocycles. The summed E-state index contributed by atoms with van der Waals surface area (Å²) in [4.78, 5) is 4.47. The van der Waals surface area contributed by atoms with E-state index in [1.807, 2.05) is 0 Å². The Kier molecular flexibility index (Phi) is 3.79. The van der Waals surface area contributed by atoms with Crippen LogP contribution in [0.5, 0.6) is 5.75 Å². The maximum Gasteiger partial charge on any atom is 0.167 e. The van der Waals surface area contributed by atoms with Gasteiger partial charge in [0.1, 0.15) is 5.75 Å². The number of hydroxylamine groups is 1. The number of hydrogen-bond donors (Lipinski definition) is 2. The minimum atomic E-state index is -1.09. The van der Waals surface area contributed by atoms with E-state index < -0.39 is 11.6 Å². The van der Waals surface area contributed by atoms with E-state index in [1.165, 1.54) is 7.11 Å². The van der Waals surface area contributed by atoms with Gasteiger partial charge in [0.2, 0.25) is 0 Å². The Morgan fingerprint density at radius 2 is 2.21 bits per heavy atom. The summed E-state index contributed by atoms with van der Waals surface area (Å²) in [6, 6.07) is 0.862. The molecule has 2 N–H and O–H groups in total. The van der Waals surface area contributed by atoms with E-state index in [-0.39, 0.29) is 22.3 Å². The van der Waals surface area contributed by atoms with Crippen molar-refractivity contribution in [2.45, 2.75) is 6.54 Å². The summed E-state index contributed by atoms with van der Waals surface area (Å²) in [5.41, 5.74) is 2.13. The van der Waals surface area contributed by atoms with Crippen molar-refractivity contribution in [3.63, 3.8) is 0 Å². The molecule has 0 aliphatic heterocycles. The van der Waals surface area contributed by atoms with Crippen molar-refractivity contribution in [2.24, 2.45) is 0 Å². The molecule has 0 atom stereocenters. The van der Waals surface area contributed by atoms with E-state index >= 15 is 0 Å². The normalized spacial score (nSPS) is 10.6. The highest BCUT2D eigenvalue weighted by Crippen LogP contribution is 2.31. The van der Waals surface area contributed by atoms with Crippen molar-refractivity contribution in [1.29, 1.82) is 0 Å². The first-order chi connectivity index (χ1) is 6.57. The molecule has 0 bridgehead atoms. The van der Waals surface area contributed by atoms with Gasteiger partial charge >= 0.3 is 0 Å². The summed E-state index contributed by atoms with van der Waals surface area (Å²) in [7, 11) is 1.34. The summed E-state index contributed by atoms with van der Waals surface area (Å²) in [6.45, 7) is -0.121.